The van der Waals surface area contributed by atoms with Gasteiger partial charge in [-0.2, -0.15) is 0 Å². The number of hydrogen-bond donors (Lipinski definition) is 1. The summed E-state index contributed by atoms with van der Waals surface area (Å²) in [5.74, 6) is -0.956. The third-order valence-corrected chi connectivity index (χ3v) is 3.93. The summed E-state index contributed by atoms with van der Waals surface area (Å²) in [6.07, 6.45) is 2.61. The predicted octanol–water partition coefficient (Wildman–Crippen LogP) is 2.09. The topological polar surface area (TPSA) is 46.3 Å². The first-order chi connectivity index (χ1) is 9.61. The highest BCUT2D eigenvalue weighted by atomic mass is 19.1. The van der Waals surface area contributed by atoms with Crippen molar-refractivity contribution in [3.05, 3.63) is 35.4 Å². The van der Waals surface area contributed by atoms with Gasteiger partial charge in [-0.15, -0.1) is 0 Å². The smallest absolute Gasteiger partial charge is 0.227 e. The maximum absolute atomic E-state index is 13.5. The summed E-state index contributed by atoms with van der Waals surface area (Å²) in [6.45, 7) is 1.97. The second-order valence-corrected chi connectivity index (χ2v) is 5.28. The zero-order valence-electron chi connectivity index (χ0n) is 11.4. The third-order valence-electron chi connectivity index (χ3n) is 3.93. The fraction of sp³-hybridized carbons (Fsp3) is 0.533. The average Bonchev–Trinajstić information content (AvgIpc) is 2.44. The first-order valence-electron chi connectivity index (χ1n) is 7.02. The van der Waals surface area contributed by atoms with Gasteiger partial charge in [0.1, 0.15) is 11.6 Å². The fourth-order valence-corrected chi connectivity index (χ4v) is 2.67. The molecule has 0 bridgehead atoms. The van der Waals surface area contributed by atoms with Gasteiger partial charge in [0.2, 0.25) is 5.91 Å². The van der Waals surface area contributed by atoms with Crippen LogP contribution >= 0.6 is 0 Å². The highest BCUT2D eigenvalue weighted by Gasteiger charge is 2.23. The molecule has 0 unspecified atom stereocenters. The molecule has 1 amide bonds. The molecule has 0 aliphatic carbocycles. The van der Waals surface area contributed by atoms with Gasteiger partial charge in [-0.25, -0.2) is 8.78 Å². The van der Waals surface area contributed by atoms with Gasteiger partial charge in [0, 0.05) is 18.7 Å². The van der Waals surface area contributed by atoms with Crippen LogP contribution in [0.15, 0.2) is 18.2 Å². The number of likely N-dealkylation sites (tertiary alicyclic amines) is 1. The van der Waals surface area contributed by atoms with E-state index in [2.05, 4.69) is 0 Å². The number of hydrogen-bond acceptors (Lipinski definition) is 2. The quantitative estimate of drug-likeness (QED) is 0.919. The van der Waals surface area contributed by atoms with Crippen LogP contribution in [0.5, 0.6) is 0 Å². The second-order valence-electron chi connectivity index (χ2n) is 5.28. The minimum Gasteiger partial charge on any atom is -0.342 e. The Labute approximate surface area is 117 Å². The van der Waals surface area contributed by atoms with Crippen molar-refractivity contribution in [2.45, 2.75) is 25.7 Å². The van der Waals surface area contributed by atoms with Crippen molar-refractivity contribution in [1.29, 1.82) is 0 Å². The maximum Gasteiger partial charge on any atom is 0.227 e. The van der Waals surface area contributed by atoms with E-state index < -0.39 is 11.6 Å². The van der Waals surface area contributed by atoms with E-state index in [9.17, 15) is 13.6 Å². The standard InChI is InChI=1S/C15H20F2N2O/c16-13-2-1-3-14(17)12(13)10-15(20)19-8-5-11(4-7-18)6-9-19/h1-3,11H,4-10,18H2. The molecule has 1 heterocycles. The molecule has 1 aromatic rings. The van der Waals surface area contributed by atoms with E-state index in [4.69, 9.17) is 5.73 Å². The Morgan fingerprint density at radius 3 is 2.40 bits per heavy atom. The van der Waals surface area contributed by atoms with Gasteiger partial charge >= 0.3 is 0 Å². The molecular weight excluding hydrogens is 262 g/mol. The van der Waals surface area contributed by atoms with E-state index >= 15 is 0 Å². The first kappa shape index (κ1) is 14.9. The van der Waals surface area contributed by atoms with Crippen LogP contribution in [0.25, 0.3) is 0 Å². The molecule has 0 aromatic heterocycles. The van der Waals surface area contributed by atoms with Crippen molar-refractivity contribution < 1.29 is 13.6 Å². The van der Waals surface area contributed by atoms with Crippen molar-refractivity contribution in [2.24, 2.45) is 11.7 Å². The van der Waals surface area contributed by atoms with Crippen LogP contribution in [0.2, 0.25) is 0 Å². The summed E-state index contributed by atoms with van der Waals surface area (Å²) in [5, 5.41) is 0. The lowest BCUT2D eigenvalue weighted by molar-refractivity contribution is -0.132. The van der Waals surface area contributed by atoms with Gasteiger partial charge in [0.25, 0.3) is 0 Å². The molecule has 110 valence electrons. The number of piperidine rings is 1. The molecule has 5 heteroatoms. The van der Waals surface area contributed by atoms with Crippen molar-refractivity contribution in [3.8, 4) is 0 Å². The summed E-state index contributed by atoms with van der Waals surface area (Å²) >= 11 is 0. The van der Waals surface area contributed by atoms with Gasteiger partial charge in [0.05, 0.1) is 6.42 Å². The molecule has 1 fully saturated rings. The van der Waals surface area contributed by atoms with Gasteiger partial charge in [-0.3, -0.25) is 4.79 Å². The molecule has 20 heavy (non-hydrogen) atoms. The lowest BCUT2D eigenvalue weighted by atomic mass is 9.93. The molecule has 1 aliphatic heterocycles. The van der Waals surface area contributed by atoms with Gasteiger partial charge < -0.3 is 10.6 Å². The summed E-state index contributed by atoms with van der Waals surface area (Å²) in [7, 11) is 0. The Morgan fingerprint density at radius 1 is 1.25 bits per heavy atom. The Hall–Kier alpha value is -1.49. The van der Waals surface area contributed by atoms with Crippen molar-refractivity contribution >= 4 is 5.91 Å². The van der Waals surface area contributed by atoms with E-state index in [-0.39, 0.29) is 17.9 Å². The summed E-state index contributed by atoms with van der Waals surface area (Å²) in [4.78, 5) is 13.8. The zero-order valence-corrected chi connectivity index (χ0v) is 11.4. The average molecular weight is 282 g/mol. The van der Waals surface area contributed by atoms with Crippen LogP contribution in [0.3, 0.4) is 0 Å². The zero-order chi connectivity index (χ0) is 14.5. The highest BCUT2D eigenvalue weighted by Crippen LogP contribution is 2.21. The van der Waals surface area contributed by atoms with Crippen LogP contribution in [0, 0.1) is 17.6 Å². The summed E-state index contributed by atoms with van der Waals surface area (Å²) < 4.78 is 27.0. The molecular formula is C15H20F2N2O. The van der Waals surface area contributed by atoms with Crippen molar-refractivity contribution in [1.82, 2.24) is 4.90 Å². The summed E-state index contributed by atoms with van der Waals surface area (Å²) in [6, 6.07) is 3.66. The van der Waals surface area contributed by atoms with Crippen LogP contribution < -0.4 is 5.73 Å². The number of carbonyl (C=O) groups is 1. The van der Waals surface area contributed by atoms with Crippen LogP contribution in [-0.2, 0) is 11.2 Å². The number of nitrogens with zero attached hydrogens (tertiary/aromatic N) is 1. The maximum atomic E-state index is 13.5. The van der Waals surface area contributed by atoms with Gasteiger partial charge in [-0.05, 0) is 43.9 Å². The lowest BCUT2D eigenvalue weighted by Crippen LogP contribution is -2.39. The molecule has 0 spiro atoms. The Balaban J connectivity index is 1.93. The number of amides is 1. The minimum absolute atomic E-state index is 0.137. The summed E-state index contributed by atoms with van der Waals surface area (Å²) in [5.41, 5.74) is 5.39. The molecule has 0 atom stereocenters. The molecule has 0 saturated carbocycles. The number of nitrogens with two attached hydrogens (primary N) is 1. The van der Waals surface area contributed by atoms with Crippen LogP contribution in [-0.4, -0.2) is 30.4 Å². The second kappa shape index (κ2) is 6.79. The number of benzene rings is 1. The van der Waals surface area contributed by atoms with Gasteiger partial charge in [0.15, 0.2) is 0 Å². The van der Waals surface area contributed by atoms with E-state index in [1.54, 1.807) is 4.90 Å². The predicted molar refractivity (Wildman–Crippen MR) is 73.0 cm³/mol. The molecule has 1 saturated heterocycles. The van der Waals surface area contributed by atoms with E-state index in [1.165, 1.54) is 18.2 Å². The minimum atomic E-state index is -0.656. The van der Waals surface area contributed by atoms with E-state index in [0.29, 0.717) is 25.6 Å². The van der Waals surface area contributed by atoms with Crippen molar-refractivity contribution in [3.63, 3.8) is 0 Å². The fourth-order valence-electron chi connectivity index (χ4n) is 2.67. The van der Waals surface area contributed by atoms with E-state index in [0.717, 1.165) is 19.3 Å². The molecule has 2 rings (SSSR count). The normalized spacial score (nSPS) is 16.4. The Morgan fingerprint density at radius 2 is 1.85 bits per heavy atom. The Bertz CT molecular complexity index is 451. The lowest BCUT2D eigenvalue weighted by Gasteiger charge is -2.32. The van der Waals surface area contributed by atoms with Crippen LogP contribution in [0.4, 0.5) is 8.78 Å². The van der Waals surface area contributed by atoms with E-state index in [1.807, 2.05) is 0 Å². The monoisotopic (exact) mass is 282 g/mol. The number of halogens is 2. The Kier molecular flexibility index (Phi) is 5.06. The molecule has 0 radical (unpaired) electrons. The molecule has 2 N–H and O–H groups in total. The number of carbonyl (C=O) groups excluding carboxylic acids is 1. The largest absolute Gasteiger partial charge is 0.342 e. The molecule has 1 aliphatic rings. The van der Waals surface area contributed by atoms with Crippen molar-refractivity contribution in [2.75, 3.05) is 19.6 Å². The number of rotatable bonds is 4. The molecule has 3 nitrogen and oxygen atoms in total. The molecule has 1 aromatic carbocycles. The third kappa shape index (κ3) is 3.54. The van der Waals surface area contributed by atoms with Crippen LogP contribution in [0.1, 0.15) is 24.8 Å². The first-order valence-corrected chi connectivity index (χ1v) is 7.02. The highest BCUT2D eigenvalue weighted by molar-refractivity contribution is 5.79. The van der Waals surface area contributed by atoms with Gasteiger partial charge in [-0.1, -0.05) is 6.07 Å². The SMILES string of the molecule is NCCC1CCN(C(=O)Cc2c(F)cccc2F)CC1.